The van der Waals surface area contributed by atoms with Gasteiger partial charge in [-0.15, -0.1) is 11.8 Å². The van der Waals surface area contributed by atoms with Crippen molar-refractivity contribution in [1.29, 1.82) is 0 Å². The number of aromatic hydroxyl groups is 2. The molecule has 0 aromatic heterocycles. The molecule has 0 saturated carbocycles. The van der Waals surface area contributed by atoms with Crippen LogP contribution in [-0.2, 0) is 37.5 Å². The molecule has 2 fully saturated rings. The number of amides is 1. The van der Waals surface area contributed by atoms with Gasteiger partial charge in [0.2, 0.25) is 6.79 Å². The van der Waals surface area contributed by atoms with E-state index in [4.69, 9.17) is 28.4 Å². The largest absolute Gasteiger partial charge is 0.624 e. The van der Waals surface area contributed by atoms with Crippen LogP contribution in [-0.4, -0.2) is 96.7 Å². The van der Waals surface area contributed by atoms with Crippen LogP contribution in [0.2, 0.25) is 0 Å². The summed E-state index contributed by atoms with van der Waals surface area (Å²) in [5.41, 5.74) is 2.87. The molecule has 7 heterocycles. The number of phenols is 2. The summed E-state index contributed by atoms with van der Waals surface area (Å²) in [6.45, 7) is 4.48. The highest BCUT2D eigenvalue weighted by Gasteiger charge is 2.68. The quantitative estimate of drug-likeness (QED) is 0.152. The molecule has 2 unspecified atom stereocenters. The van der Waals surface area contributed by atoms with E-state index >= 15 is 10.0 Å². The lowest BCUT2D eigenvalue weighted by atomic mass is 9.72. The van der Waals surface area contributed by atoms with Crippen molar-refractivity contribution < 1.29 is 57.7 Å². The minimum absolute atomic E-state index is 0.0187. The number of nitrogens with zero attached hydrogens (tertiary/aromatic N) is 2. The van der Waals surface area contributed by atoms with Crippen molar-refractivity contribution in [2.75, 3.05) is 47.0 Å². The molecule has 15 nitrogen and oxygen atoms in total. The van der Waals surface area contributed by atoms with Gasteiger partial charge >= 0.3 is 17.8 Å². The molecule has 4 bridgehead atoms. The van der Waals surface area contributed by atoms with Crippen LogP contribution in [0.15, 0.2) is 18.2 Å². The first-order valence-corrected chi connectivity index (χ1v) is 19.2. The van der Waals surface area contributed by atoms with Gasteiger partial charge in [0.05, 0.1) is 31.1 Å². The molecule has 55 heavy (non-hydrogen) atoms. The minimum Gasteiger partial charge on any atom is -0.624 e. The second kappa shape index (κ2) is 12.4. The monoisotopic (exact) mass is 775 g/mol. The lowest BCUT2D eigenvalue weighted by Crippen LogP contribution is -2.75. The van der Waals surface area contributed by atoms with E-state index in [9.17, 15) is 19.8 Å². The standard InChI is InChI=1S/C39H41N3O12S/c1-16-9-20-10-22-37(46)42(48)23-13-51-38(47)39(21-12-25(49-5)24(44)11-19(21)7-8-40-39)14-55-36(30(42)29(41(22)4)26(20)31(45)32(16)50-6)28-27(23)35-34(52-15-53-35)17(2)33(28)54-18(3)43/h9,11-12,22-23,29-30,36,40,44-45H,7-8,10,13-15H2,1-6H3/t22?,23-,29-,30+,36-,39+,42?/m0/s1. The van der Waals surface area contributed by atoms with Gasteiger partial charge < -0.3 is 43.8 Å². The van der Waals surface area contributed by atoms with Crippen molar-refractivity contribution in [2.45, 2.75) is 68.6 Å². The molecule has 7 aliphatic heterocycles. The summed E-state index contributed by atoms with van der Waals surface area (Å²) in [7, 11) is 4.67. The number of thioether (sulfide) groups is 1. The number of hydrogen-bond donors (Lipinski definition) is 3. The Morgan fingerprint density at radius 2 is 1.80 bits per heavy atom. The molecule has 1 spiro atoms. The summed E-state index contributed by atoms with van der Waals surface area (Å²) in [6.07, 6.45) is 0.665. The molecule has 3 N–H and O–H groups in total. The van der Waals surface area contributed by atoms with Gasteiger partial charge in [0, 0.05) is 42.3 Å². The fourth-order valence-corrected chi connectivity index (χ4v) is 11.8. The number of phenolic OH excluding ortho intramolecular Hbond substituents is 2. The van der Waals surface area contributed by atoms with Crippen LogP contribution in [0.3, 0.4) is 0 Å². The van der Waals surface area contributed by atoms with Gasteiger partial charge in [0.1, 0.15) is 24.4 Å². The topological polar surface area (TPSA) is 185 Å². The van der Waals surface area contributed by atoms with Crippen LogP contribution in [0.25, 0.3) is 0 Å². The molecule has 3 aromatic rings. The second-order valence-corrected chi connectivity index (χ2v) is 16.2. The average molecular weight is 776 g/mol. The fourth-order valence-electron chi connectivity index (χ4n) is 10.0. The fraction of sp³-hybridized carbons (Fsp3) is 0.462. The van der Waals surface area contributed by atoms with Gasteiger partial charge in [0.25, 0.3) is 0 Å². The van der Waals surface area contributed by atoms with Crippen molar-refractivity contribution in [3.05, 3.63) is 67.9 Å². The first-order valence-electron chi connectivity index (χ1n) is 18.1. The zero-order valence-corrected chi connectivity index (χ0v) is 32.0. The first kappa shape index (κ1) is 35.9. The number of methoxy groups -OCH3 is 2. The molecule has 2 saturated heterocycles. The Morgan fingerprint density at radius 1 is 1.04 bits per heavy atom. The average Bonchev–Trinajstić information content (AvgIpc) is 3.64. The molecule has 10 rings (SSSR count). The number of benzene rings is 3. The van der Waals surface area contributed by atoms with E-state index in [1.165, 1.54) is 32.9 Å². The summed E-state index contributed by atoms with van der Waals surface area (Å²) in [5, 5.41) is 41.5. The van der Waals surface area contributed by atoms with Crippen LogP contribution in [0.5, 0.6) is 40.2 Å². The lowest BCUT2D eigenvalue weighted by Gasteiger charge is -2.65. The summed E-state index contributed by atoms with van der Waals surface area (Å²) in [6, 6.07) is 0.821. The number of rotatable bonds is 3. The van der Waals surface area contributed by atoms with Crippen LogP contribution in [0.1, 0.15) is 68.8 Å². The van der Waals surface area contributed by atoms with Gasteiger partial charge in [-0.3, -0.25) is 19.7 Å². The first-order chi connectivity index (χ1) is 26.3. The summed E-state index contributed by atoms with van der Waals surface area (Å²) < 4.78 is 34.0. The summed E-state index contributed by atoms with van der Waals surface area (Å²) >= 11 is 1.25. The van der Waals surface area contributed by atoms with Crippen LogP contribution >= 0.6 is 11.8 Å². The summed E-state index contributed by atoms with van der Waals surface area (Å²) in [5.74, 6) is -1.01. The second-order valence-electron chi connectivity index (χ2n) is 15.1. The highest BCUT2D eigenvalue weighted by molar-refractivity contribution is 7.99. The van der Waals surface area contributed by atoms with E-state index in [1.54, 1.807) is 26.1 Å². The maximum Gasteiger partial charge on any atom is 0.332 e. The van der Waals surface area contributed by atoms with Gasteiger partial charge in [-0.05, 0) is 61.7 Å². The maximum absolute atomic E-state index is 16.3. The maximum atomic E-state index is 16.3. The predicted octanol–water partition coefficient (Wildman–Crippen LogP) is 3.63. The van der Waals surface area contributed by atoms with Crippen molar-refractivity contribution in [3.63, 3.8) is 0 Å². The molecule has 290 valence electrons. The molecule has 16 heteroatoms. The predicted molar refractivity (Wildman–Crippen MR) is 195 cm³/mol. The van der Waals surface area contributed by atoms with Crippen molar-refractivity contribution in [3.8, 4) is 40.2 Å². The highest BCUT2D eigenvalue weighted by Crippen LogP contribution is 2.66. The molecular formula is C39H41N3O12S. The van der Waals surface area contributed by atoms with E-state index in [0.29, 0.717) is 40.8 Å². The molecule has 7 aliphatic rings. The number of hydrogen-bond acceptors (Lipinski definition) is 15. The Balaban J connectivity index is 1.35. The number of ether oxygens (including phenoxy) is 6. The van der Waals surface area contributed by atoms with E-state index in [1.807, 2.05) is 17.9 Å². The van der Waals surface area contributed by atoms with Crippen LogP contribution in [0, 0.1) is 19.1 Å². The number of carbonyl (C=O) groups is 3. The van der Waals surface area contributed by atoms with Crippen molar-refractivity contribution in [2.24, 2.45) is 0 Å². The molecule has 7 atom stereocenters. The number of carbonyl (C=O) groups excluding carboxylic acids is 3. The number of aryl methyl sites for hydroxylation is 1. The van der Waals surface area contributed by atoms with Crippen LogP contribution in [0.4, 0.5) is 0 Å². The number of nitrogens with one attached hydrogen (secondary N) is 1. The number of fused-ring (bicyclic) bond motifs is 9. The van der Waals surface area contributed by atoms with Crippen molar-refractivity contribution >= 4 is 29.6 Å². The zero-order valence-electron chi connectivity index (χ0n) is 31.1. The number of hydroxylamine groups is 3. The minimum atomic E-state index is -1.48. The summed E-state index contributed by atoms with van der Waals surface area (Å²) in [4.78, 5) is 44.5. The van der Waals surface area contributed by atoms with Gasteiger partial charge in [-0.25, -0.2) is 9.59 Å². The third-order valence-corrected chi connectivity index (χ3v) is 13.9. The number of piperazine rings is 1. The molecule has 3 aromatic carbocycles. The van der Waals surface area contributed by atoms with E-state index in [2.05, 4.69) is 5.32 Å². The lowest BCUT2D eigenvalue weighted by molar-refractivity contribution is -0.876. The molecule has 1 amide bonds. The van der Waals surface area contributed by atoms with Gasteiger partial charge in [0.15, 0.2) is 46.1 Å². The smallest absolute Gasteiger partial charge is 0.332 e. The Labute approximate surface area is 320 Å². The van der Waals surface area contributed by atoms with Crippen LogP contribution < -0.4 is 29.0 Å². The Bertz CT molecular complexity index is 2230. The Hall–Kier alpha value is -4.74. The normalized spacial score (nSPS) is 30.1. The highest BCUT2D eigenvalue weighted by atomic mass is 32.2. The molecule has 0 aliphatic carbocycles. The van der Waals surface area contributed by atoms with E-state index in [0.717, 1.165) is 11.1 Å². The van der Waals surface area contributed by atoms with Gasteiger partial charge in [-0.2, -0.15) is 0 Å². The number of esters is 2. The van der Waals surface area contributed by atoms with Crippen molar-refractivity contribution in [1.82, 2.24) is 10.2 Å². The number of likely N-dealkylation sites (N-methyl/N-ethyl adjacent to an activating group) is 1. The molecular weight excluding hydrogens is 735 g/mol. The van der Waals surface area contributed by atoms with E-state index in [-0.39, 0.29) is 64.8 Å². The SMILES string of the molecule is COc1cc2c(cc1O)CCN[C@]21CS[C@H]2c3c(OC(C)=O)c(C)c4c(c3[C@H](COC1=O)[N+]1([O-])C(=O)C3Cc5cc(C)c(OC)c(O)c5[C@@H]([C@H]21)N3C)OCO4. The Kier molecular flexibility index (Phi) is 8.09. The zero-order chi connectivity index (χ0) is 38.9. The van der Waals surface area contributed by atoms with E-state index < -0.39 is 64.1 Å². The van der Waals surface area contributed by atoms with Gasteiger partial charge in [-0.1, -0.05) is 6.07 Å². The third kappa shape index (κ3) is 4.68. The molecule has 0 radical (unpaired) electrons. The number of quaternary nitrogens is 1. The Morgan fingerprint density at radius 3 is 2.53 bits per heavy atom. The third-order valence-electron chi connectivity index (χ3n) is 12.4.